The van der Waals surface area contributed by atoms with Crippen LogP contribution >= 0.6 is 0 Å². The number of ether oxygens (including phenoxy) is 1. The van der Waals surface area contributed by atoms with E-state index >= 15 is 0 Å². The maximum atomic E-state index is 12.4. The van der Waals surface area contributed by atoms with Crippen molar-refractivity contribution in [1.82, 2.24) is 5.32 Å². The van der Waals surface area contributed by atoms with Crippen molar-refractivity contribution in [2.45, 2.75) is 26.5 Å². The molecule has 5 heteroatoms. The normalized spacial score (nSPS) is 11.8. The molecule has 1 atom stereocenters. The molecule has 0 aliphatic carbocycles. The molecule has 0 saturated heterocycles. The third-order valence-electron chi connectivity index (χ3n) is 3.60. The van der Waals surface area contributed by atoms with Crippen molar-refractivity contribution < 1.29 is 19.4 Å². The lowest BCUT2D eigenvalue weighted by molar-refractivity contribution is -0.139. The first kappa shape index (κ1) is 17.7. The minimum atomic E-state index is -1.10. The Bertz CT molecular complexity index is 735. The second kappa shape index (κ2) is 7.75. The van der Waals surface area contributed by atoms with Crippen molar-refractivity contribution in [1.29, 1.82) is 0 Å². The molecule has 0 fully saturated rings. The van der Waals surface area contributed by atoms with Gasteiger partial charge >= 0.3 is 5.97 Å². The van der Waals surface area contributed by atoms with Gasteiger partial charge in [-0.25, -0.2) is 4.79 Å². The number of carboxylic acids is 1. The number of carboxylic acid groups (broad SMARTS) is 1. The number of aryl methyl sites for hydroxylation is 2. The molecule has 1 amide bonds. The van der Waals surface area contributed by atoms with Gasteiger partial charge in [0, 0.05) is 12.7 Å². The summed E-state index contributed by atoms with van der Waals surface area (Å²) in [6.07, 6.45) is 0. The summed E-state index contributed by atoms with van der Waals surface area (Å²) in [6, 6.07) is 11.3. The molecule has 0 radical (unpaired) electrons. The number of aliphatic carboxylic acids is 1. The molecular formula is C19H21NO4. The van der Waals surface area contributed by atoms with Crippen LogP contribution in [-0.4, -0.2) is 24.1 Å². The summed E-state index contributed by atoms with van der Waals surface area (Å²) in [7, 11) is 1.58. The monoisotopic (exact) mass is 327 g/mol. The number of methoxy groups -OCH3 is 1. The molecule has 2 aromatic carbocycles. The van der Waals surface area contributed by atoms with Crippen LogP contribution in [0.2, 0.25) is 0 Å². The van der Waals surface area contributed by atoms with Crippen LogP contribution in [0.3, 0.4) is 0 Å². The number of benzene rings is 2. The predicted molar refractivity (Wildman–Crippen MR) is 90.9 cm³/mol. The molecule has 2 aromatic rings. The fourth-order valence-electron chi connectivity index (χ4n) is 2.65. The van der Waals surface area contributed by atoms with Gasteiger partial charge in [-0.05, 0) is 37.1 Å². The van der Waals surface area contributed by atoms with E-state index in [4.69, 9.17) is 4.74 Å². The first-order chi connectivity index (χ1) is 11.4. The molecule has 2 N–H and O–H groups in total. The molecule has 5 nitrogen and oxygen atoms in total. The Balaban J connectivity index is 2.26. The lowest BCUT2D eigenvalue weighted by atomic mass is 10.0. The minimum Gasteiger partial charge on any atom is -0.479 e. The van der Waals surface area contributed by atoms with Crippen LogP contribution < -0.4 is 5.32 Å². The molecule has 1 unspecified atom stereocenters. The van der Waals surface area contributed by atoms with Crippen LogP contribution in [0.1, 0.15) is 38.7 Å². The Hall–Kier alpha value is -2.66. The van der Waals surface area contributed by atoms with Crippen molar-refractivity contribution in [3.63, 3.8) is 0 Å². The number of carbonyl (C=O) groups excluding carboxylic acids is 1. The molecule has 0 aromatic heterocycles. The van der Waals surface area contributed by atoms with Gasteiger partial charge in [0.25, 0.3) is 5.91 Å². The van der Waals surface area contributed by atoms with Crippen LogP contribution in [0.5, 0.6) is 0 Å². The van der Waals surface area contributed by atoms with Gasteiger partial charge in [-0.2, -0.15) is 0 Å². The standard InChI is InChI=1S/C19H21NO4/c1-12-7-13(2)9-16(8-12)17(19(22)23)20-18(21)15-6-4-5-14(10-15)11-24-3/h4-10,17H,11H2,1-3H3,(H,20,21)(H,22,23). The van der Waals surface area contributed by atoms with Crippen molar-refractivity contribution >= 4 is 11.9 Å². The average Bonchev–Trinajstić information content (AvgIpc) is 2.51. The first-order valence-electron chi connectivity index (χ1n) is 7.60. The molecule has 2 rings (SSSR count). The number of carbonyl (C=O) groups is 2. The molecule has 0 heterocycles. The number of rotatable bonds is 6. The zero-order valence-corrected chi connectivity index (χ0v) is 14.0. The molecule has 0 spiro atoms. The van der Waals surface area contributed by atoms with Gasteiger partial charge in [0.2, 0.25) is 0 Å². The molecule has 0 bridgehead atoms. The molecule has 24 heavy (non-hydrogen) atoms. The van der Waals surface area contributed by atoms with E-state index in [1.54, 1.807) is 37.4 Å². The molecule has 0 aliphatic rings. The third kappa shape index (κ3) is 4.43. The van der Waals surface area contributed by atoms with E-state index in [0.29, 0.717) is 17.7 Å². The Labute approximate surface area is 141 Å². The highest BCUT2D eigenvalue weighted by molar-refractivity contribution is 5.97. The van der Waals surface area contributed by atoms with E-state index in [2.05, 4.69) is 5.32 Å². The fraction of sp³-hybridized carbons (Fsp3) is 0.263. The zero-order valence-electron chi connectivity index (χ0n) is 14.0. The van der Waals surface area contributed by atoms with Gasteiger partial charge in [-0.1, -0.05) is 41.5 Å². The van der Waals surface area contributed by atoms with Crippen LogP contribution in [0.25, 0.3) is 0 Å². The van der Waals surface area contributed by atoms with E-state index in [0.717, 1.165) is 16.7 Å². The van der Waals surface area contributed by atoms with Crippen molar-refractivity contribution in [2.75, 3.05) is 7.11 Å². The van der Waals surface area contributed by atoms with E-state index in [1.165, 1.54) is 0 Å². The lowest BCUT2D eigenvalue weighted by Gasteiger charge is -2.16. The fourth-order valence-corrected chi connectivity index (χ4v) is 2.65. The average molecular weight is 327 g/mol. The van der Waals surface area contributed by atoms with E-state index in [-0.39, 0.29) is 0 Å². The zero-order chi connectivity index (χ0) is 17.7. The second-order valence-electron chi connectivity index (χ2n) is 5.80. The van der Waals surface area contributed by atoms with Crippen molar-refractivity contribution in [3.8, 4) is 0 Å². The summed E-state index contributed by atoms with van der Waals surface area (Å²) in [5.74, 6) is -1.53. The van der Waals surface area contributed by atoms with Crippen LogP contribution in [-0.2, 0) is 16.1 Å². The second-order valence-corrected chi connectivity index (χ2v) is 5.80. The third-order valence-corrected chi connectivity index (χ3v) is 3.60. The highest BCUT2D eigenvalue weighted by Gasteiger charge is 2.23. The highest BCUT2D eigenvalue weighted by atomic mass is 16.5. The lowest BCUT2D eigenvalue weighted by Crippen LogP contribution is -2.33. The largest absolute Gasteiger partial charge is 0.479 e. The number of hydrogen-bond acceptors (Lipinski definition) is 3. The molecular weight excluding hydrogens is 306 g/mol. The Morgan fingerprint density at radius 2 is 1.79 bits per heavy atom. The van der Waals surface area contributed by atoms with Crippen molar-refractivity contribution in [3.05, 3.63) is 70.3 Å². The topological polar surface area (TPSA) is 75.6 Å². The molecule has 126 valence electrons. The highest BCUT2D eigenvalue weighted by Crippen LogP contribution is 2.18. The van der Waals surface area contributed by atoms with Gasteiger partial charge in [0.15, 0.2) is 6.04 Å². The first-order valence-corrected chi connectivity index (χ1v) is 7.60. The van der Waals surface area contributed by atoms with E-state index < -0.39 is 17.9 Å². The quantitative estimate of drug-likeness (QED) is 0.855. The minimum absolute atomic E-state index is 0.389. The Morgan fingerprint density at radius 3 is 2.38 bits per heavy atom. The van der Waals surface area contributed by atoms with Gasteiger partial charge in [-0.15, -0.1) is 0 Å². The summed E-state index contributed by atoms with van der Waals surface area (Å²) in [5, 5.41) is 12.1. The van der Waals surface area contributed by atoms with Crippen LogP contribution in [0, 0.1) is 13.8 Å². The summed E-state index contributed by atoms with van der Waals surface area (Å²) < 4.78 is 5.05. The summed E-state index contributed by atoms with van der Waals surface area (Å²) >= 11 is 0. The van der Waals surface area contributed by atoms with Gasteiger partial charge < -0.3 is 15.2 Å². The molecule has 0 saturated carbocycles. The maximum Gasteiger partial charge on any atom is 0.330 e. The van der Waals surface area contributed by atoms with E-state index in [1.807, 2.05) is 26.0 Å². The van der Waals surface area contributed by atoms with Gasteiger partial charge in [0.1, 0.15) is 0 Å². The molecule has 0 aliphatic heterocycles. The SMILES string of the molecule is COCc1cccc(C(=O)NC(C(=O)O)c2cc(C)cc(C)c2)c1. The predicted octanol–water partition coefficient (Wildman–Crippen LogP) is 3.01. The maximum absolute atomic E-state index is 12.4. The Morgan fingerprint density at radius 1 is 1.12 bits per heavy atom. The number of hydrogen-bond donors (Lipinski definition) is 2. The van der Waals surface area contributed by atoms with Crippen LogP contribution in [0.4, 0.5) is 0 Å². The van der Waals surface area contributed by atoms with E-state index in [9.17, 15) is 14.7 Å². The number of amides is 1. The summed E-state index contributed by atoms with van der Waals surface area (Å²) in [5.41, 5.74) is 3.71. The summed E-state index contributed by atoms with van der Waals surface area (Å²) in [6.45, 7) is 4.18. The number of nitrogens with one attached hydrogen (secondary N) is 1. The van der Waals surface area contributed by atoms with Gasteiger partial charge in [-0.3, -0.25) is 4.79 Å². The smallest absolute Gasteiger partial charge is 0.330 e. The van der Waals surface area contributed by atoms with Crippen molar-refractivity contribution in [2.24, 2.45) is 0 Å². The van der Waals surface area contributed by atoms with Crippen LogP contribution in [0.15, 0.2) is 42.5 Å². The Kier molecular flexibility index (Phi) is 5.71. The summed E-state index contributed by atoms with van der Waals surface area (Å²) in [4.78, 5) is 24.1. The van der Waals surface area contributed by atoms with Gasteiger partial charge in [0.05, 0.1) is 6.61 Å².